The molecule has 1 saturated carbocycles. The molecule has 0 amide bonds. The van der Waals surface area contributed by atoms with E-state index in [4.69, 9.17) is 10.2 Å². The number of ketones is 1. The summed E-state index contributed by atoms with van der Waals surface area (Å²) < 4.78 is 0. The molecule has 2 N–H and O–H groups in total. The van der Waals surface area contributed by atoms with Gasteiger partial charge in [-0.25, -0.2) is 0 Å². The third kappa shape index (κ3) is 8.72. The lowest BCUT2D eigenvalue weighted by Crippen LogP contribution is -2.25. The van der Waals surface area contributed by atoms with Crippen molar-refractivity contribution in [3.05, 3.63) is 0 Å². The highest BCUT2D eigenvalue weighted by Crippen LogP contribution is 2.27. The van der Waals surface area contributed by atoms with Gasteiger partial charge in [0.15, 0.2) is 0 Å². The summed E-state index contributed by atoms with van der Waals surface area (Å²) in [6.07, 6.45) is 9.99. The number of hydrogen-bond donors (Lipinski definition) is 2. The summed E-state index contributed by atoms with van der Waals surface area (Å²) in [6, 6.07) is 0. The Kier molecular flexibility index (Phi) is 9.57. The van der Waals surface area contributed by atoms with Crippen molar-refractivity contribution in [2.45, 2.75) is 83.5 Å². The summed E-state index contributed by atoms with van der Waals surface area (Å²) in [5.41, 5.74) is 0. The highest BCUT2D eigenvalue weighted by atomic mass is 16.4. The molecule has 1 rings (SSSR count). The van der Waals surface area contributed by atoms with Crippen LogP contribution in [0.1, 0.15) is 83.5 Å². The Morgan fingerprint density at radius 2 is 1.09 bits per heavy atom. The zero-order chi connectivity index (χ0) is 17.1. The van der Waals surface area contributed by atoms with Crippen LogP contribution in [0.5, 0.6) is 0 Å². The highest BCUT2D eigenvalue weighted by molar-refractivity contribution is 5.84. The van der Waals surface area contributed by atoms with Crippen molar-refractivity contribution in [1.82, 2.24) is 0 Å². The highest BCUT2D eigenvalue weighted by Gasteiger charge is 2.27. The van der Waals surface area contributed by atoms with E-state index in [1.54, 1.807) is 0 Å². The fourth-order valence-corrected chi connectivity index (χ4v) is 3.45. The molecule has 0 aromatic carbocycles. The summed E-state index contributed by atoms with van der Waals surface area (Å²) in [6.45, 7) is 0. The molecular weight excluding hydrogens is 296 g/mol. The maximum absolute atomic E-state index is 12.8. The van der Waals surface area contributed by atoms with Crippen molar-refractivity contribution in [3.8, 4) is 0 Å². The van der Waals surface area contributed by atoms with E-state index in [1.807, 2.05) is 0 Å². The molecule has 0 aromatic heterocycles. The molecule has 1 aliphatic rings. The fourth-order valence-electron chi connectivity index (χ4n) is 3.45. The molecule has 2 atom stereocenters. The zero-order valence-electron chi connectivity index (χ0n) is 14.0. The van der Waals surface area contributed by atoms with Crippen molar-refractivity contribution < 1.29 is 24.6 Å². The molecule has 0 radical (unpaired) electrons. The molecule has 132 valence electrons. The Morgan fingerprint density at radius 1 is 0.739 bits per heavy atom. The van der Waals surface area contributed by atoms with Gasteiger partial charge in [-0.05, 0) is 25.7 Å². The van der Waals surface area contributed by atoms with Crippen molar-refractivity contribution in [2.24, 2.45) is 11.8 Å². The van der Waals surface area contributed by atoms with E-state index >= 15 is 0 Å². The molecule has 1 aliphatic carbocycles. The van der Waals surface area contributed by atoms with Gasteiger partial charge in [0.05, 0.1) is 0 Å². The first-order chi connectivity index (χ1) is 11.0. The van der Waals surface area contributed by atoms with E-state index < -0.39 is 11.9 Å². The van der Waals surface area contributed by atoms with Gasteiger partial charge in [-0.15, -0.1) is 0 Å². The van der Waals surface area contributed by atoms with Crippen LogP contribution < -0.4 is 0 Å². The minimum absolute atomic E-state index is 0.0159. The van der Waals surface area contributed by atoms with Crippen molar-refractivity contribution in [3.63, 3.8) is 0 Å². The summed E-state index contributed by atoms with van der Waals surface area (Å²) in [7, 11) is 0. The van der Waals surface area contributed by atoms with Crippen LogP contribution in [0.15, 0.2) is 0 Å². The molecule has 0 bridgehead atoms. The average Bonchev–Trinajstić information content (AvgIpc) is 2.48. The van der Waals surface area contributed by atoms with E-state index in [0.717, 1.165) is 38.5 Å². The smallest absolute Gasteiger partial charge is 0.303 e. The van der Waals surface area contributed by atoms with Crippen LogP contribution in [-0.2, 0) is 14.4 Å². The summed E-state index contributed by atoms with van der Waals surface area (Å²) in [5.74, 6) is -2.07. The lowest BCUT2D eigenvalue weighted by Gasteiger charge is -2.23. The van der Waals surface area contributed by atoms with Crippen molar-refractivity contribution >= 4 is 17.7 Å². The SMILES string of the molecule is O=C(O)CC[C@H]1CCCCCCCCC[C@H](CCC(=O)O)C1=O. The van der Waals surface area contributed by atoms with Crippen LogP contribution >= 0.6 is 0 Å². The number of aliphatic carboxylic acids is 2. The predicted molar refractivity (Wildman–Crippen MR) is 87.3 cm³/mol. The van der Waals surface area contributed by atoms with Gasteiger partial charge < -0.3 is 10.2 Å². The molecular formula is C18H30O5. The monoisotopic (exact) mass is 326 g/mol. The second kappa shape index (κ2) is 11.2. The third-order valence-electron chi connectivity index (χ3n) is 4.82. The van der Waals surface area contributed by atoms with Gasteiger partial charge in [0.25, 0.3) is 0 Å². The van der Waals surface area contributed by atoms with Gasteiger partial charge >= 0.3 is 11.9 Å². The Bertz CT molecular complexity index is 357. The van der Waals surface area contributed by atoms with Gasteiger partial charge in [0, 0.05) is 24.7 Å². The Hall–Kier alpha value is -1.39. The molecule has 5 nitrogen and oxygen atoms in total. The van der Waals surface area contributed by atoms with Crippen molar-refractivity contribution in [1.29, 1.82) is 0 Å². The summed E-state index contributed by atoms with van der Waals surface area (Å²) in [4.78, 5) is 34.5. The lowest BCUT2D eigenvalue weighted by atomic mass is 9.81. The second-order valence-corrected chi connectivity index (χ2v) is 6.71. The van der Waals surface area contributed by atoms with E-state index in [-0.39, 0.29) is 30.5 Å². The minimum atomic E-state index is -0.869. The number of carboxylic acids is 2. The first kappa shape index (κ1) is 19.7. The molecule has 0 heterocycles. The largest absolute Gasteiger partial charge is 0.481 e. The topological polar surface area (TPSA) is 91.7 Å². The normalized spacial score (nSPS) is 24.4. The molecule has 1 fully saturated rings. The molecule has 0 aliphatic heterocycles. The number of rotatable bonds is 6. The molecule has 5 heteroatoms. The number of carboxylic acid groups (broad SMARTS) is 2. The third-order valence-corrected chi connectivity index (χ3v) is 4.82. The van der Waals surface area contributed by atoms with Gasteiger partial charge in [0.2, 0.25) is 0 Å². The Labute approximate surface area is 138 Å². The predicted octanol–water partition coefficient (Wildman–Crippen LogP) is 4.04. The van der Waals surface area contributed by atoms with Crippen LogP contribution in [0, 0.1) is 11.8 Å². The van der Waals surface area contributed by atoms with E-state index in [2.05, 4.69) is 0 Å². The van der Waals surface area contributed by atoms with Crippen LogP contribution in [0.3, 0.4) is 0 Å². The van der Waals surface area contributed by atoms with E-state index in [1.165, 1.54) is 19.3 Å². The standard InChI is InChI=1S/C18H30O5/c19-16(20)12-10-14-8-6-4-2-1-3-5-7-9-15(18(14)23)11-13-17(21)22/h14-15H,1-13H2,(H,19,20)(H,21,22)/t14-,15-/m1/s1. The van der Waals surface area contributed by atoms with E-state index in [9.17, 15) is 14.4 Å². The summed E-state index contributed by atoms with van der Waals surface area (Å²) >= 11 is 0. The number of carbonyl (C=O) groups is 3. The van der Waals surface area contributed by atoms with Gasteiger partial charge in [-0.2, -0.15) is 0 Å². The van der Waals surface area contributed by atoms with Crippen LogP contribution in [0.4, 0.5) is 0 Å². The minimum Gasteiger partial charge on any atom is -0.481 e. The quantitative estimate of drug-likeness (QED) is 0.768. The molecule has 0 saturated heterocycles. The van der Waals surface area contributed by atoms with Gasteiger partial charge in [0.1, 0.15) is 5.78 Å². The molecule has 23 heavy (non-hydrogen) atoms. The number of carbonyl (C=O) groups excluding carboxylic acids is 1. The van der Waals surface area contributed by atoms with Crippen molar-refractivity contribution in [2.75, 3.05) is 0 Å². The number of hydrogen-bond acceptors (Lipinski definition) is 3. The maximum Gasteiger partial charge on any atom is 0.303 e. The Balaban J connectivity index is 2.72. The summed E-state index contributed by atoms with van der Waals surface area (Å²) in [5, 5.41) is 17.8. The zero-order valence-corrected chi connectivity index (χ0v) is 14.0. The van der Waals surface area contributed by atoms with E-state index in [0.29, 0.717) is 12.8 Å². The average molecular weight is 326 g/mol. The number of Topliss-reactive ketones (excluding diaryl/α,β-unsaturated/α-hetero) is 1. The van der Waals surface area contributed by atoms with Crippen LogP contribution in [0.2, 0.25) is 0 Å². The van der Waals surface area contributed by atoms with Gasteiger partial charge in [-0.1, -0.05) is 44.9 Å². The first-order valence-electron chi connectivity index (χ1n) is 8.98. The van der Waals surface area contributed by atoms with Crippen LogP contribution in [-0.4, -0.2) is 27.9 Å². The molecule has 0 unspecified atom stereocenters. The van der Waals surface area contributed by atoms with Crippen LogP contribution in [0.25, 0.3) is 0 Å². The molecule has 0 spiro atoms. The Morgan fingerprint density at radius 3 is 1.43 bits per heavy atom. The second-order valence-electron chi connectivity index (χ2n) is 6.71. The van der Waals surface area contributed by atoms with Gasteiger partial charge in [-0.3, -0.25) is 14.4 Å². The first-order valence-corrected chi connectivity index (χ1v) is 8.98. The molecule has 0 aromatic rings. The lowest BCUT2D eigenvalue weighted by molar-refractivity contribution is -0.138. The maximum atomic E-state index is 12.8. The fraction of sp³-hybridized carbons (Fsp3) is 0.833.